The van der Waals surface area contributed by atoms with E-state index in [0.717, 1.165) is 6.07 Å². The topological polar surface area (TPSA) is 91.4 Å². The van der Waals surface area contributed by atoms with Crippen LogP contribution in [0.3, 0.4) is 0 Å². The maximum absolute atomic E-state index is 12.9. The van der Waals surface area contributed by atoms with Gasteiger partial charge in [-0.3, -0.25) is 0 Å². The van der Waals surface area contributed by atoms with Gasteiger partial charge in [-0.2, -0.15) is 4.39 Å². The first-order valence-electron chi connectivity index (χ1n) is 4.99. The van der Waals surface area contributed by atoms with E-state index in [4.69, 9.17) is 5.73 Å². The second kappa shape index (κ2) is 5.74. The number of aliphatic hydroxyl groups excluding tert-OH is 2. The number of hydrogen-bond acceptors (Lipinski definition) is 5. The average molecular weight is 229 g/mol. The maximum atomic E-state index is 12.9. The molecule has 0 radical (unpaired) electrons. The minimum absolute atomic E-state index is 0.0244. The molecule has 0 aliphatic heterocycles. The third-order valence-corrected chi connectivity index (χ3v) is 2.26. The molecule has 16 heavy (non-hydrogen) atoms. The Morgan fingerprint density at radius 1 is 1.50 bits per heavy atom. The number of rotatable bonds is 5. The lowest BCUT2D eigenvalue weighted by Crippen LogP contribution is -2.24. The second-order valence-corrected chi connectivity index (χ2v) is 3.51. The smallest absolute Gasteiger partial charge is 0.213 e. The van der Waals surface area contributed by atoms with Crippen molar-refractivity contribution in [1.29, 1.82) is 0 Å². The van der Waals surface area contributed by atoms with Crippen LogP contribution >= 0.6 is 0 Å². The minimum Gasteiger partial charge on any atom is -0.397 e. The quantitative estimate of drug-likeness (QED) is 0.525. The van der Waals surface area contributed by atoms with Gasteiger partial charge in [-0.1, -0.05) is 0 Å². The highest BCUT2D eigenvalue weighted by Gasteiger charge is 2.21. The number of aromatic nitrogens is 1. The molecule has 2 unspecified atom stereocenters. The molecule has 2 atom stereocenters. The Hall–Kier alpha value is -1.24. The zero-order valence-electron chi connectivity index (χ0n) is 9.02. The largest absolute Gasteiger partial charge is 0.397 e. The van der Waals surface area contributed by atoms with Gasteiger partial charge in [0.15, 0.2) is 0 Å². The monoisotopic (exact) mass is 229 g/mol. The molecule has 1 heterocycles. The van der Waals surface area contributed by atoms with Crippen molar-refractivity contribution in [2.24, 2.45) is 0 Å². The first kappa shape index (κ1) is 12.8. The SMILES string of the molecule is CNCCC(O)C(O)c1nc(F)ccc1N. The van der Waals surface area contributed by atoms with Crippen molar-refractivity contribution in [3.8, 4) is 0 Å². The Morgan fingerprint density at radius 3 is 2.81 bits per heavy atom. The summed E-state index contributed by atoms with van der Waals surface area (Å²) in [6.45, 7) is 0.535. The average Bonchev–Trinajstić information content (AvgIpc) is 2.28. The van der Waals surface area contributed by atoms with Crippen molar-refractivity contribution in [3.05, 3.63) is 23.8 Å². The van der Waals surface area contributed by atoms with Crippen LogP contribution in [0.4, 0.5) is 10.1 Å². The Morgan fingerprint density at radius 2 is 2.19 bits per heavy atom. The molecular formula is C10H16FN3O2. The summed E-state index contributed by atoms with van der Waals surface area (Å²) in [5, 5.41) is 22.2. The molecule has 0 amide bonds. The van der Waals surface area contributed by atoms with Gasteiger partial charge in [0.2, 0.25) is 5.95 Å². The number of nitrogens with two attached hydrogens (primary N) is 1. The highest BCUT2D eigenvalue weighted by molar-refractivity contribution is 5.43. The summed E-state index contributed by atoms with van der Waals surface area (Å²) in [5.41, 5.74) is 5.68. The zero-order chi connectivity index (χ0) is 12.1. The third-order valence-electron chi connectivity index (χ3n) is 2.26. The third kappa shape index (κ3) is 3.13. The second-order valence-electron chi connectivity index (χ2n) is 3.51. The van der Waals surface area contributed by atoms with E-state index >= 15 is 0 Å². The molecule has 1 aromatic heterocycles. The molecule has 0 spiro atoms. The minimum atomic E-state index is -1.27. The predicted octanol–water partition coefficient (Wildman–Crippen LogP) is -0.193. The fraction of sp³-hybridized carbons (Fsp3) is 0.500. The summed E-state index contributed by atoms with van der Waals surface area (Å²) in [4.78, 5) is 3.48. The number of anilines is 1. The predicted molar refractivity (Wildman–Crippen MR) is 58.1 cm³/mol. The molecule has 0 saturated heterocycles. The molecule has 0 aliphatic carbocycles. The first-order valence-corrected chi connectivity index (χ1v) is 4.99. The fourth-order valence-corrected chi connectivity index (χ4v) is 1.33. The van der Waals surface area contributed by atoms with Gasteiger partial charge in [0, 0.05) is 0 Å². The number of nitrogens with one attached hydrogen (secondary N) is 1. The van der Waals surface area contributed by atoms with Crippen molar-refractivity contribution in [2.45, 2.75) is 18.6 Å². The number of aliphatic hydroxyl groups is 2. The molecule has 5 nitrogen and oxygen atoms in total. The molecule has 1 rings (SSSR count). The van der Waals surface area contributed by atoms with E-state index in [-0.39, 0.29) is 11.4 Å². The van der Waals surface area contributed by atoms with Crippen LogP contribution in [0, 0.1) is 5.95 Å². The molecule has 0 bridgehead atoms. The molecule has 6 heteroatoms. The van der Waals surface area contributed by atoms with Gasteiger partial charge < -0.3 is 21.3 Å². The van der Waals surface area contributed by atoms with Gasteiger partial charge in [0.1, 0.15) is 6.10 Å². The summed E-state index contributed by atoms with van der Waals surface area (Å²) in [5.74, 6) is -0.732. The molecule has 0 saturated carbocycles. The van der Waals surface area contributed by atoms with E-state index in [1.165, 1.54) is 6.07 Å². The van der Waals surface area contributed by atoms with Crippen LogP contribution in [-0.4, -0.2) is 34.9 Å². The zero-order valence-corrected chi connectivity index (χ0v) is 9.02. The first-order chi connectivity index (χ1) is 7.56. The van der Waals surface area contributed by atoms with Crippen molar-refractivity contribution in [3.63, 3.8) is 0 Å². The van der Waals surface area contributed by atoms with Crippen LogP contribution in [0.25, 0.3) is 0 Å². The van der Waals surface area contributed by atoms with Crippen molar-refractivity contribution < 1.29 is 14.6 Å². The van der Waals surface area contributed by atoms with Gasteiger partial charge >= 0.3 is 0 Å². The van der Waals surface area contributed by atoms with Gasteiger partial charge in [-0.15, -0.1) is 0 Å². The van der Waals surface area contributed by atoms with Gasteiger partial charge in [-0.05, 0) is 32.1 Å². The summed E-state index contributed by atoms with van der Waals surface area (Å²) < 4.78 is 12.9. The van der Waals surface area contributed by atoms with Crippen molar-refractivity contribution >= 4 is 5.69 Å². The van der Waals surface area contributed by atoms with Gasteiger partial charge in [-0.25, -0.2) is 4.98 Å². The highest BCUT2D eigenvalue weighted by Crippen LogP contribution is 2.22. The molecular weight excluding hydrogens is 213 g/mol. The van der Waals surface area contributed by atoms with Crippen LogP contribution < -0.4 is 11.1 Å². The van der Waals surface area contributed by atoms with E-state index < -0.39 is 18.2 Å². The molecule has 5 N–H and O–H groups in total. The summed E-state index contributed by atoms with van der Waals surface area (Å²) in [6.07, 6.45) is -1.97. The Labute approximate surface area is 93.1 Å². The molecule has 1 aromatic rings. The lowest BCUT2D eigenvalue weighted by molar-refractivity contribution is 0.0116. The van der Waals surface area contributed by atoms with Crippen LogP contribution in [0.1, 0.15) is 18.2 Å². The van der Waals surface area contributed by atoms with E-state index in [1.807, 2.05) is 0 Å². The number of nitrogen functional groups attached to an aromatic ring is 1. The molecule has 0 aromatic carbocycles. The lowest BCUT2D eigenvalue weighted by Gasteiger charge is -2.18. The highest BCUT2D eigenvalue weighted by atomic mass is 19.1. The summed E-state index contributed by atoms with van der Waals surface area (Å²) >= 11 is 0. The number of halogens is 1. The van der Waals surface area contributed by atoms with Crippen LogP contribution in [0.15, 0.2) is 12.1 Å². The van der Waals surface area contributed by atoms with Gasteiger partial charge in [0.25, 0.3) is 0 Å². The standard InChI is InChI=1S/C10H16FN3O2/c1-13-5-4-7(15)10(16)9-6(12)2-3-8(11)14-9/h2-3,7,10,13,15-16H,4-5,12H2,1H3. The van der Waals surface area contributed by atoms with Crippen molar-refractivity contribution in [2.75, 3.05) is 19.3 Å². The molecule has 0 fully saturated rings. The summed E-state index contributed by atoms with van der Waals surface area (Å²) in [7, 11) is 1.73. The summed E-state index contributed by atoms with van der Waals surface area (Å²) in [6, 6.07) is 2.41. The number of nitrogens with zero attached hydrogens (tertiary/aromatic N) is 1. The van der Waals surface area contributed by atoms with Crippen LogP contribution in [0.5, 0.6) is 0 Å². The number of pyridine rings is 1. The van der Waals surface area contributed by atoms with E-state index in [1.54, 1.807) is 7.05 Å². The maximum Gasteiger partial charge on any atom is 0.213 e. The van der Waals surface area contributed by atoms with E-state index in [2.05, 4.69) is 10.3 Å². The Balaban J connectivity index is 2.78. The molecule has 0 aliphatic rings. The fourth-order valence-electron chi connectivity index (χ4n) is 1.33. The Kier molecular flexibility index (Phi) is 4.60. The van der Waals surface area contributed by atoms with Crippen molar-refractivity contribution in [1.82, 2.24) is 10.3 Å². The lowest BCUT2D eigenvalue weighted by atomic mass is 10.1. The van der Waals surface area contributed by atoms with Crippen LogP contribution in [0.2, 0.25) is 0 Å². The van der Waals surface area contributed by atoms with E-state index in [9.17, 15) is 14.6 Å². The van der Waals surface area contributed by atoms with E-state index in [0.29, 0.717) is 13.0 Å². The molecule has 90 valence electrons. The Bertz CT molecular complexity index is 349. The van der Waals surface area contributed by atoms with Crippen LogP contribution in [-0.2, 0) is 0 Å². The number of hydrogen-bond donors (Lipinski definition) is 4. The normalized spacial score (nSPS) is 14.8. The van der Waals surface area contributed by atoms with Gasteiger partial charge in [0.05, 0.1) is 17.5 Å².